The zero-order valence-electron chi connectivity index (χ0n) is 12.3. The number of benzene rings is 1. The third kappa shape index (κ3) is 3.20. The van der Waals surface area contributed by atoms with Crippen LogP contribution < -0.4 is 5.63 Å². The molecule has 0 spiro atoms. The number of aromatic hydroxyl groups is 1. The molecule has 0 amide bonds. The maximum Gasteiger partial charge on any atom is 0.343 e. The Morgan fingerprint density at radius 2 is 2.00 bits per heavy atom. The smallest absolute Gasteiger partial charge is 0.343 e. The van der Waals surface area contributed by atoms with Crippen LogP contribution in [0, 0.1) is 5.92 Å². The lowest BCUT2D eigenvalue weighted by Crippen LogP contribution is -2.16. The van der Waals surface area contributed by atoms with Gasteiger partial charge in [0.1, 0.15) is 11.5 Å². The van der Waals surface area contributed by atoms with E-state index in [0.717, 1.165) is 18.4 Å². The summed E-state index contributed by atoms with van der Waals surface area (Å²) < 4.78 is 5.40. The molecule has 1 N–H and O–H groups in total. The second-order valence-electron chi connectivity index (χ2n) is 5.82. The van der Waals surface area contributed by atoms with Gasteiger partial charge in [-0.3, -0.25) is 0 Å². The average molecular weight is 319 g/mol. The molecule has 1 unspecified atom stereocenters. The molecule has 0 saturated heterocycles. The fourth-order valence-corrected chi connectivity index (χ4v) is 3.09. The number of alkyl halides is 1. The Bertz CT molecular complexity index is 689. The van der Waals surface area contributed by atoms with E-state index in [9.17, 15) is 9.90 Å². The molecule has 0 aliphatic heterocycles. The second-order valence-corrected chi connectivity index (χ2v) is 6.20. The third-order valence-corrected chi connectivity index (χ3v) is 4.40. The number of rotatable bonds is 6. The Labute approximate surface area is 134 Å². The maximum atomic E-state index is 12.4. The first-order valence-electron chi connectivity index (χ1n) is 7.67. The molecular weight excluding hydrogens is 300 g/mol. The highest BCUT2D eigenvalue weighted by molar-refractivity contribution is 6.17. The lowest BCUT2D eigenvalue weighted by atomic mass is 9.87. The number of hydrogen-bond acceptors (Lipinski definition) is 3. The van der Waals surface area contributed by atoms with Gasteiger partial charge in [0.2, 0.25) is 0 Å². The van der Waals surface area contributed by atoms with Crippen molar-refractivity contribution in [3.05, 3.63) is 63.7 Å². The number of hydrogen-bond donors (Lipinski definition) is 1. The molecule has 0 bridgehead atoms. The van der Waals surface area contributed by atoms with E-state index in [0.29, 0.717) is 36.0 Å². The van der Waals surface area contributed by atoms with Gasteiger partial charge in [-0.15, -0.1) is 11.6 Å². The molecule has 0 radical (unpaired) electrons. The predicted octanol–water partition coefficient (Wildman–Crippen LogP) is 4.06. The van der Waals surface area contributed by atoms with Crippen molar-refractivity contribution in [1.82, 2.24) is 0 Å². The molecule has 1 aliphatic carbocycles. The van der Waals surface area contributed by atoms with Crippen LogP contribution in [0.3, 0.4) is 0 Å². The Hall–Kier alpha value is -1.74. The van der Waals surface area contributed by atoms with E-state index in [2.05, 4.69) is 0 Å². The lowest BCUT2D eigenvalue weighted by molar-refractivity contribution is 0.403. The minimum atomic E-state index is -0.426. The van der Waals surface area contributed by atoms with Crippen LogP contribution in [0.15, 0.2) is 45.6 Å². The molecule has 1 saturated carbocycles. The summed E-state index contributed by atoms with van der Waals surface area (Å²) >= 11 is 5.66. The molecule has 1 aromatic heterocycles. The Morgan fingerprint density at radius 3 is 2.59 bits per heavy atom. The minimum Gasteiger partial charge on any atom is -0.507 e. The largest absolute Gasteiger partial charge is 0.507 e. The van der Waals surface area contributed by atoms with Crippen LogP contribution in [0.5, 0.6) is 5.75 Å². The highest BCUT2D eigenvalue weighted by atomic mass is 35.5. The second kappa shape index (κ2) is 6.57. The molecule has 1 fully saturated rings. The van der Waals surface area contributed by atoms with Crippen molar-refractivity contribution < 1.29 is 9.52 Å². The van der Waals surface area contributed by atoms with Gasteiger partial charge in [0.05, 0.1) is 5.56 Å². The molecule has 1 aromatic carbocycles. The monoisotopic (exact) mass is 318 g/mol. The summed E-state index contributed by atoms with van der Waals surface area (Å²) in [6, 6.07) is 11.4. The van der Waals surface area contributed by atoms with E-state index in [1.54, 1.807) is 6.07 Å². The van der Waals surface area contributed by atoms with Gasteiger partial charge in [0.15, 0.2) is 0 Å². The van der Waals surface area contributed by atoms with Crippen LogP contribution >= 0.6 is 11.6 Å². The van der Waals surface area contributed by atoms with Crippen LogP contribution in [-0.2, 0) is 6.42 Å². The zero-order valence-corrected chi connectivity index (χ0v) is 13.1. The van der Waals surface area contributed by atoms with Crippen molar-refractivity contribution in [3.63, 3.8) is 0 Å². The van der Waals surface area contributed by atoms with Gasteiger partial charge in [0, 0.05) is 24.3 Å². The molecule has 2 aromatic rings. The summed E-state index contributed by atoms with van der Waals surface area (Å²) in [4.78, 5) is 12.4. The van der Waals surface area contributed by atoms with Crippen LogP contribution in [0.1, 0.15) is 42.1 Å². The standard InChI is InChI=1S/C18H19ClO3/c19-10-4-7-14-11-15(20)17(18(21)22-14)16(13-8-9-13)12-5-2-1-3-6-12/h1-3,5-6,11,13,16,20H,4,7-10H2. The molecule has 22 heavy (non-hydrogen) atoms. The normalized spacial score (nSPS) is 15.7. The summed E-state index contributed by atoms with van der Waals surface area (Å²) in [6.45, 7) is 0. The summed E-state index contributed by atoms with van der Waals surface area (Å²) in [6.07, 6.45) is 3.43. The van der Waals surface area contributed by atoms with Gasteiger partial charge in [-0.25, -0.2) is 4.79 Å². The lowest BCUT2D eigenvalue weighted by Gasteiger charge is -2.17. The van der Waals surface area contributed by atoms with Crippen LogP contribution in [-0.4, -0.2) is 11.0 Å². The molecule has 3 nitrogen and oxygen atoms in total. The van der Waals surface area contributed by atoms with Gasteiger partial charge in [0.25, 0.3) is 0 Å². The van der Waals surface area contributed by atoms with E-state index in [4.69, 9.17) is 16.0 Å². The van der Waals surface area contributed by atoms with E-state index in [-0.39, 0.29) is 11.7 Å². The van der Waals surface area contributed by atoms with E-state index in [1.165, 1.54) is 0 Å². The number of aryl methyl sites for hydroxylation is 1. The summed E-state index contributed by atoms with van der Waals surface area (Å²) in [5.41, 5.74) is 1.02. The van der Waals surface area contributed by atoms with E-state index in [1.807, 2.05) is 30.3 Å². The maximum absolute atomic E-state index is 12.4. The first-order valence-corrected chi connectivity index (χ1v) is 8.21. The molecule has 116 valence electrons. The fraction of sp³-hybridized carbons (Fsp3) is 0.389. The van der Waals surface area contributed by atoms with E-state index >= 15 is 0 Å². The van der Waals surface area contributed by atoms with Crippen molar-refractivity contribution in [1.29, 1.82) is 0 Å². The SMILES string of the molecule is O=c1oc(CCCCl)cc(O)c1C(c1ccccc1)C1CC1. The van der Waals surface area contributed by atoms with Crippen molar-refractivity contribution >= 4 is 11.6 Å². The highest BCUT2D eigenvalue weighted by Gasteiger charge is 2.37. The zero-order chi connectivity index (χ0) is 15.5. The van der Waals surface area contributed by atoms with E-state index < -0.39 is 5.63 Å². The molecular formula is C18H19ClO3. The minimum absolute atomic E-state index is 0.0431. The quantitative estimate of drug-likeness (QED) is 0.817. The van der Waals surface area contributed by atoms with Gasteiger partial charge < -0.3 is 9.52 Å². The van der Waals surface area contributed by atoms with Crippen LogP contribution in [0.4, 0.5) is 0 Å². The molecule has 1 aliphatic rings. The molecule has 1 atom stereocenters. The topological polar surface area (TPSA) is 50.4 Å². The Kier molecular flexibility index (Phi) is 4.53. The first kappa shape index (κ1) is 15.2. The molecule has 3 rings (SSSR count). The Balaban J connectivity index is 2.00. The number of halogens is 1. The van der Waals surface area contributed by atoms with Gasteiger partial charge in [-0.2, -0.15) is 0 Å². The average Bonchev–Trinajstić information content (AvgIpc) is 3.34. The summed E-state index contributed by atoms with van der Waals surface area (Å²) in [5.74, 6) is 1.36. The van der Waals surface area contributed by atoms with Crippen molar-refractivity contribution in [2.45, 2.75) is 31.6 Å². The van der Waals surface area contributed by atoms with Crippen molar-refractivity contribution in [2.24, 2.45) is 5.92 Å². The van der Waals surface area contributed by atoms with Gasteiger partial charge in [-0.1, -0.05) is 30.3 Å². The fourth-order valence-electron chi connectivity index (χ4n) is 2.95. The first-order chi connectivity index (χ1) is 10.7. The van der Waals surface area contributed by atoms with Crippen molar-refractivity contribution in [2.75, 3.05) is 5.88 Å². The highest BCUT2D eigenvalue weighted by Crippen LogP contribution is 2.47. The predicted molar refractivity (Wildman–Crippen MR) is 86.7 cm³/mol. The van der Waals surface area contributed by atoms with Crippen molar-refractivity contribution in [3.8, 4) is 5.75 Å². The van der Waals surface area contributed by atoms with Gasteiger partial charge in [-0.05, 0) is 30.7 Å². The van der Waals surface area contributed by atoms with Crippen LogP contribution in [0.25, 0.3) is 0 Å². The summed E-state index contributed by atoms with van der Waals surface area (Å²) in [7, 11) is 0. The van der Waals surface area contributed by atoms with Gasteiger partial charge >= 0.3 is 5.63 Å². The third-order valence-electron chi connectivity index (χ3n) is 4.14. The Morgan fingerprint density at radius 1 is 1.27 bits per heavy atom. The summed E-state index contributed by atoms with van der Waals surface area (Å²) in [5, 5.41) is 10.4. The molecule has 4 heteroatoms. The molecule has 1 heterocycles. The van der Waals surface area contributed by atoms with Crippen LogP contribution in [0.2, 0.25) is 0 Å².